The second-order valence-corrected chi connectivity index (χ2v) is 6.54. The van der Waals surface area contributed by atoms with Gasteiger partial charge in [0.15, 0.2) is 0 Å². The van der Waals surface area contributed by atoms with Crippen LogP contribution in [0.15, 0.2) is 17.1 Å². The summed E-state index contributed by atoms with van der Waals surface area (Å²) in [5, 5.41) is 0. The van der Waals surface area contributed by atoms with Crippen LogP contribution in [0, 0.1) is 0 Å². The van der Waals surface area contributed by atoms with E-state index in [-0.39, 0.29) is 12.1 Å². The Kier molecular flexibility index (Phi) is 6.24. The summed E-state index contributed by atoms with van der Waals surface area (Å²) < 4.78 is 5.41. The molecule has 5 heteroatoms. The van der Waals surface area contributed by atoms with E-state index in [4.69, 9.17) is 4.74 Å². The average molecular weight is 295 g/mol. The zero-order chi connectivity index (χ0) is 16.0. The Bertz CT molecular complexity index is 400. The van der Waals surface area contributed by atoms with Crippen molar-refractivity contribution in [3.05, 3.63) is 12.2 Å². The van der Waals surface area contributed by atoms with Gasteiger partial charge < -0.3 is 14.5 Å². The van der Waals surface area contributed by atoms with E-state index in [0.717, 1.165) is 18.9 Å². The van der Waals surface area contributed by atoms with Gasteiger partial charge in [0.05, 0.1) is 0 Å². The fourth-order valence-electron chi connectivity index (χ4n) is 2.09. The van der Waals surface area contributed by atoms with Gasteiger partial charge in [-0.1, -0.05) is 6.08 Å². The standard InChI is InChI=1S/C16H29N3O2/c1-7-8-14(17-13(2)3)18-9-11-19(12-10-18)15(20)21-16(4,5)6/h7-8,13H,9-12H2,1-6H3/b8-7-,17-14+. The van der Waals surface area contributed by atoms with E-state index < -0.39 is 5.60 Å². The number of piperazine rings is 1. The van der Waals surface area contributed by atoms with Crippen LogP contribution in [0.4, 0.5) is 4.79 Å². The highest BCUT2D eigenvalue weighted by Crippen LogP contribution is 2.12. The van der Waals surface area contributed by atoms with E-state index >= 15 is 0 Å². The van der Waals surface area contributed by atoms with Crippen LogP contribution in [0.5, 0.6) is 0 Å². The molecule has 1 rings (SSSR count). The molecule has 0 saturated carbocycles. The van der Waals surface area contributed by atoms with Crippen molar-refractivity contribution < 1.29 is 9.53 Å². The number of carbonyl (C=O) groups excluding carboxylic acids is 1. The maximum Gasteiger partial charge on any atom is 0.410 e. The molecule has 1 heterocycles. The van der Waals surface area contributed by atoms with Gasteiger partial charge in [-0.25, -0.2) is 4.79 Å². The lowest BCUT2D eigenvalue weighted by Crippen LogP contribution is -2.51. The molecule has 0 bridgehead atoms. The molecule has 0 aromatic rings. The van der Waals surface area contributed by atoms with E-state index in [1.165, 1.54) is 0 Å². The summed E-state index contributed by atoms with van der Waals surface area (Å²) in [6, 6.07) is 0.264. The van der Waals surface area contributed by atoms with Crippen molar-refractivity contribution in [3.8, 4) is 0 Å². The molecule has 5 nitrogen and oxygen atoms in total. The molecule has 0 radical (unpaired) electrons. The highest BCUT2D eigenvalue weighted by Gasteiger charge is 2.26. The van der Waals surface area contributed by atoms with E-state index in [0.29, 0.717) is 13.1 Å². The number of allylic oxidation sites excluding steroid dienone is 1. The topological polar surface area (TPSA) is 45.1 Å². The predicted octanol–water partition coefficient (Wildman–Crippen LogP) is 2.92. The summed E-state index contributed by atoms with van der Waals surface area (Å²) in [6.45, 7) is 14.7. The van der Waals surface area contributed by atoms with Gasteiger partial charge in [-0.05, 0) is 47.6 Å². The second-order valence-electron chi connectivity index (χ2n) is 6.54. The third-order valence-corrected chi connectivity index (χ3v) is 2.96. The molecule has 1 aliphatic rings. The van der Waals surface area contributed by atoms with Crippen molar-refractivity contribution in [2.45, 2.75) is 53.2 Å². The lowest BCUT2D eigenvalue weighted by atomic mass is 10.2. The molecule has 0 aromatic heterocycles. The van der Waals surface area contributed by atoms with E-state index in [1.807, 2.05) is 39.8 Å². The van der Waals surface area contributed by atoms with Crippen LogP contribution in [0.25, 0.3) is 0 Å². The third-order valence-electron chi connectivity index (χ3n) is 2.96. The third kappa shape index (κ3) is 6.19. The Morgan fingerprint density at radius 3 is 2.10 bits per heavy atom. The maximum absolute atomic E-state index is 12.0. The Morgan fingerprint density at radius 1 is 1.14 bits per heavy atom. The quantitative estimate of drug-likeness (QED) is 0.581. The highest BCUT2D eigenvalue weighted by molar-refractivity contribution is 5.93. The van der Waals surface area contributed by atoms with Crippen LogP contribution < -0.4 is 0 Å². The molecular formula is C16H29N3O2. The number of hydrogen-bond acceptors (Lipinski definition) is 3. The summed E-state index contributed by atoms with van der Waals surface area (Å²) in [7, 11) is 0. The van der Waals surface area contributed by atoms with Gasteiger partial charge in [-0.3, -0.25) is 4.99 Å². The molecular weight excluding hydrogens is 266 g/mol. The number of amides is 1. The molecule has 0 aromatic carbocycles. The Labute approximate surface area is 128 Å². The summed E-state index contributed by atoms with van der Waals surface area (Å²) in [4.78, 5) is 20.7. The van der Waals surface area contributed by atoms with Crippen molar-refractivity contribution in [2.24, 2.45) is 4.99 Å². The van der Waals surface area contributed by atoms with Gasteiger partial charge in [0.25, 0.3) is 0 Å². The molecule has 1 aliphatic heterocycles. The number of carbonyl (C=O) groups is 1. The molecule has 0 unspecified atom stereocenters. The van der Waals surface area contributed by atoms with Crippen molar-refractivity contribution in [3.63, 3.8) is 0 Å². The van der Waals surface area contributed by atoms with Gasteiger partial charge >= 0.3 is 6.09 Å². The van der Waals surface area contributed by atoms with E-state index in [1.54, 1.807) is 4.90 Å². The summed E-state index contributed by atoms with van der Waals surface area (Å²) in [5.74, 6) is 0.997. The minimum absolute atomic E-state index is 0.226. The molecule has 21 heavy (non-hydrogen) atoms. The van der Waals surface area contributed by atoms with Gasteiger partial charge in [0.1, 0.15) is 11.4 Å². The molecule has 1 amide bonds. The molecule has 0 N–H and O–H groups in total. The Balaban J connectivity index is 2.60. The highest BCUT2D eigenvalue weighted by atomic mass is 16.6. The zero-order valence-electron chi connectivity index (χ0n) is 14.2. The van der Waals surface area contributed by atoms with Crippen LogP contribution in [0.2, 0.25) is 0 Å². The lowest BCUT2D eigenvalue weighted by Gasteiger charge is -2.36. The molecule has 0 spiro atoms. The molecule has 0 aliphatic carbocycles. The fraction of sp³-hybridized carbons (Fsp3) is 0.750. The Morgan fingerprint density at radius 2 is 1.67 bits per heavy atom. The van der Waals surface area contributed by atoms with Crippen molar-refractivity contribution in [1.29, 1.82) is 0 Å². The summed E-state index contributed by atoms with van der Waals surface area (Å²) in [5.41, 5.74) is -0.441. The summed E-state index contributed by atoms with van der Waals surface area (Å²) >= 11 is 0. The van der Waals surface area contributed by atoms with Crippen LogP contribution in [0.1, 0.15) is 41.5 Å². The largest absolute Gasteiger partial charge is 0.444 e. The number of aliphatic imine (C=N–C) groups is 1. The number of ether oxygens (including phenoxy) is 1. The van der Waals surface area contributed by atoms with Gasteiger partial charge in [-0.2, -0.15) is 0 Å². The van der Waals surface area contributed by atoms with Crippen LogP contribution >= 0.6 is 0 Å². The average Bonchev–Trinajstić information content (AvgIpc) is 2.36. The molecule has 1 saturated heterocycles. The van der Waals surface area contributed by atoms with Crippen molar-refractivity contribution in [1.82, 2.24) is 9.80 Å². The van der Waals surface area contributed by atoms with E-state index in [9.17, 15) is 4.79 Å². The lowest BCUT2D eigenvalue weighted by molar-refractivity contribution is 0.0187. The fourth-order valence-corrected chi connectivity index (χ4v) is 2.09. The normalized spacial score (nSPS) is 17.8. The number of hydrogen-bond donors (Lipinski definition) is 0. The van der Waals surface area contributed by atoms with Gasteiger partial charge in [-0.15, -0.1) is 0 Å². The van der Waals surface area contributed by atoms with E-state index in [2.05, 4.69) is 23.7 Å². The van der Waals surface area contributed by atoms with Crippen molar-refractivity contribution in [2.75, 3.05) is 26.2 Å². The first-order chi connectivity index (χ1) is 9.73. The smallest absolute Gasteiger partial charge is 0.410 e. The first kappa shape index (κ1) is 17.5. The Hall–Kier alpha value is -1.52. The number of nitrogens with zero attached hydrogens (tertiary/aromatic N) is 3. The predicted molar refractivity (Wildman–Crippen MR) is 86.8 cm³/mol. The monoisotopic (exact) mass is 295 g/mol. The van der Waals surface area contributed by atoms with Gasteiger partial charge in [0, 0.05) is 32.2 Å². The summed E-state index contributed by atoms with van der Waals surface area (Å²) in [6.07, 6.45) is 3.81. The zero-order valence-corrected chi connectivity index (χ0v) is 14.2. The van der Waals surface area contributed by atoms with Crippen molar-refractivity contribution >= 4 is 11.9 Å². The van der Waals surface area contributed by atoms with Crippen LogP contribution in [0.3, 0.4) is 0 Å². The maximum atomic E-state index is 12.0. The van der Waals surface area contributed by atoms with Gasteiger partial charge in [0.2, 0.25) is 0 Å². The second kappa shape index (κ2) is 7.48. The molecule has 120 valence electrons. The SMILES string of the molecule is C/C=C\C(=N/C(C)C)N1CCN(C(=O)OC(C)(C)C)CC1. The number of amidine groups is 1. The first-order valence-electron chi connectivity index (χ1n) is 7.66. The van der Waals surface area contributed by atoms with Crippen LogP contribution in [-0.4, -0.2) is 59.6 Å². The molecule has 0 atom stereocenters. The minimum atomic E-state index is -0.441. The van der Waals surface area contributed by atoms with Crippen LogP contribution in [-0.2, 0) is 4.74 Å². The minimum Gasteiger partial charge on any atom is -0.444 e. The first-order valence-corrected chi connectivity index (χ1v) is 7.66. The molecule has 1 fully saturated rings. The number of rotatable bonds is 2.